The lowest BCUT2D eigenvalue weighted by molar-refractivity contribution is 0.230. The monoisotopic (exact) mass is 287 g/mol. The summed E-state index contributed by atoms with van der Waals surface area (Å²) in [7, 11) is 1.65. The summed E-state index contributed by atoms with van der Waals surface area (Å²) in [4.78, 5) is 2.52. The highest BCUT2D eigenvalue weighted by Gasteiger charge is 2.20. The molecule has 1 aromatic carbocycles. The number of para-hydroxylation sites is 1. The summed E-state index contributed by atoms with van der Waals surface area (Å²) < 4.78 is 5.40. The van der Waals surface area contributed by atoms with Gasteiger partial charge in [0.2, 0.25) is 0 Å². The van der Waals surface area contributed by atoms with E-state index in [1.165, 1.54) is 6.42 Å². The van der Waals surface area contributed by atoms with Crippen LogP contribution >= 0.6 is 0 Å². The highest BCUT2D eigenvalue weighted by molar-refractivity contribution is 5.66. The Morgan fingerprint density at radius 1 is 1.33 bits per heavy atom. The van der Waals surface area contributed by atoms with Gasteiger partial charge in [-0.3, -0.25) is 0 Å². The van der Waals surface area contributed by atoms with Crippen molar-refractivity contribution in [2.45, 2.75) is 45.2 Å². The number of methoxy groups -OCH3 is 1. The first kappa shape index (κ1) is 15.7. The van der Waals surface area contributed by atoms with E-state index in [9.17, 15) is 5.26 Å². The van der Waals surface area contributed by atoms with Gasteiger partial charge in [-0.15, -0.1) is 0 Å². The van der Waals surface area contributed by atoms with Gasteiger partial charge in [-0.1, -0.05) is 6.07 Å². The van der Waals surface area contributed by atoms with Crippen molar-refractivity contribution in [2.75, 3.05) is 25.5 Å². The third-order valence-electron chi connectivity index (χ3n) is 4.21. The van der Waals surface area contributed by atoms with Gasteiger partial charge in [-0.05, 0) is 51.8 Å². The Hall–Kier alpha value is -1.73. The first-order chi connectivity index (χ1) is 10.2. The standard InChI is InChI=1S/C17H25N3O/c1-13(2)20-10-5-7-15(9-11-20)19-17-14(12-18)6-4-8-16(17)21-3/h4,6,8,13,15,19H,5,7,9-11H2,1-3H3. The minimum Gasteiger partial charge on any atom is -0.495 e. The van der Waals surface area contributed by atoms with Crippen LogP contribution in [0, 0.1) is 11.3 Å². The molecule has 1 saturated heterocycles. The number of rotatable bonds is 4. The molecule has 1 fully saturated rings. The Labute approximate surface area is 127 Å². The second kappa shape index (κ2) is 7.33. The Bertz CT molecular complexity index is 507. The Balaban J connectivity index is 2.10. The Kier molecular flexibility index (Phi) is 5.46. The van der Waals surface area contributed by atoms with E-state index in [0.29, 0.717) is 17.6 Å². The van der Waals surface area contributed by atoms with Crippen LogP contribution in [0.25, 0.3) is 0 Å². The Morgan fingerprint density at radius 3 is 2.81 bits per heavy atom. The smallest absolute Gasteiger partial charge is 0.143 e. The van der Waals surface area contributed by atoms with Gasteiger partial charge in [0.25, 0.3) is 0 Å². The van der Waals surface area contributed by atoms with E-state index in [-0.39, 0.29) is 0 Å². The lowest BCUT2D eigenvalue weighted by atomic mass is 10.1. The molecule has 4 heteroatoms. The van der Waals surface area contributed by atoms with Crippen molar-refractivity contribution in [3.63, 3.8) is 0 Å². The van der Waals surface area contributed by atoms with Gasteiger partial charge >= 0.3 is 0 Å². The number of ether oxygens (including phenoxy) is 1. The fraction of sp³-hybridized carbons (Fsp3) is 0.588. The predicted octanol–water partition coefficient (Wildman–Crippen LogP) is 3.24. The van der Waals surface area contributed by atoms with E-state index in [1.54, 1.807) is 7.11 Å². The highest BCUT2D eigenvalue weighted by atomic mass is 16.5. The van der Waals surface area contributed by atoms with Gasteiger partial charge in [-0.2, -0.15) is 5.26 Å². The minimum absolute atomic E-state index is 0.400. The third kappa shape index (κ3) is 3.89. The van der Waals surface area contributed by atoms with Crippen LogP contribution in [0.15, 0.2) is 18.2 Å². The van der Waals surface area contributed by atoms with Crippen LogP contribution in [0.2, 0.25) is 0 Å². The second-order valence-corrected chi connectivity index (χ2v) is 5.90. The van der Waals surface area contributed by atoms with E-state index < -0.39 is 0 Å². The summed E-state index contributed by atoms with van der Waals surface area (Å²) in [6.45, 7) is 6.77. The number of nitrogens with zero attached hydrogens (tertiary/aromatic N) is 2. The zero-order valence-electron chi connectivity index (χ0n) is 13.2. The molecule has 2 rings (SSSR count). The average Bonchev–Trinajstić information content (AvgIpc) is 2.73. The first-order valence-corrected chi connectivity index (χ1v) is 7.73. The van der Waals surface area contributed by atoms with E-state index in [4.69, 9.17) is 4.74 Å². The van der Waals surface area contributed by atoms with Crippen LogP contribution in [0.3, 0.4) is 0 Å². The maximum Gasteiger partial charge on any atom is 0.143 e. The summed E-state index contributed by atoms with van der Waals surface area (Å²) in [6, 6.07) is 8.85. The van der Waals surface area contributed by atoms with Crippen LogP contribution in [0.1, 0.15) is 38.7 Å². The molecular weight excluding hydrogens is 262 g/mol. The van der Waals surface area contributed by atoms with Crippen LogP contribution in [0.4, 0.5) is 5.69 Å². The van der Waals surface area contributed by atoms with Gasteiger partial charge in [0.05, 0.1) is 18.4 Å². The van der Waals surface area contributed by atoms with Gasteiger partial charge in [0.1, 0.15) is 11.8 Å². The topological polar surface area (TPSA) is 48.3 Å². The molecule has 0 spiro atoms. The quantitative estimate of drug-likeness (QED) is 0.923. The summed E-state index contributed by atoms with van der Waals surface area (Å²) in [5, 5.41) is 12.8. The number of nitriles is 1. The molecule has 1 unspecified atom stereocenters. The van der Waals surface area contributed by atoms with Crippen molar-refractivity contribution in [2.24, 2.45) is 0 Å². The lowest BCUT2D eigenvalue weighted by Crippen LogP contribution is -2.32. The molecule has 0 aromatic heterocycles. The van der Waals surface area contributed by atoms with E-state index >= 15 is 0 Å². The molecule has 114 valence electrons. The molecule has 0 saturated carbocycles. The highest BCUT2D eigenvalue weighted by Crippen LogP contribution is 2.30. The summed E-state index contributed by atoms with van der Waals surface area (Å²) >= 11 is 0. The normalized spacial score (nSPS) is 19.9. The van der Waals surface area contributed by atoms with Crippen molar-refractivity contribution < 1.29 is 4.74 Å². The zero-order valence-corrected chi connectivity index (χ0v) is 13.2. The molecule has 1 aromatic rings. The van der Waals surface area contributed by atoms with E-state index in [2.05, 4.69) is 30.1 Å². The predicted molar refractivity (Wildman–Crippen MR) is 85.7 cm³/mol. The molecule has 21 heavy (non-hydrogen) atoms. The molecule has 1 aliphatic heterocycles. The van der Waals surface area contributed by atoms with Gasteiger partial charge in [0, 0.05) is 18.6 Å². The minimum atomic E-state index is 0.400. The number of hydrogen-bond donors (Lipinski definition) is 1. The van der Waals surface area contributed by atoms with Crippen LogP contribution in [0.5, 0.6) is 5.75 Å². The maximum absolute atomic E-state index is 9.28. The Morgan fingerprint density at radius 2 is 2.14 bits per heavy atom. The molecule has 1 aliphatic rings. The number of hydrogen-bond acceptors (Lipinski definition) is 4. The fourth-order valence-corrected chi connectivity index (χ4v) is 2.93. The van der Waals surface area contributed by atoms with Crippen LogP contribution in [-0.4, -0.2) is 37.2 Å². The van der Waals surface area contributed by atoms with Gasteiger partial charge < -0.3 is 15.0 Å². The molecule has 1 atom stereocenters. The molecule has 0 aliphatic carbocycles. The maximum atomic E-state index is 9.28. The van der Waals surface area contributed by atoms with E-state index in [0.717, 1.165) is 37.4 Å². The molecule has 0 radical (unpaired) electrons. The van der Waals surface area contributed by atoms with Crippen LogP contribution in [-0.2, 0) is 0 Å². The number of likely N-dealkylation sites (tertiary alicyclic amines) is 1. The van der Waals surface area contributed by atoms with Crippen LogP contribution < -0.4 is 10.1 Å². The van der Waals surface area contributed by atoms with Gasteiger partial charge in [0.15, 0.2) is 0 Å². The van der Waals surface area contributed by atoms with Crippen molar-refractivity contribution in [1.82, 2.24) is 4.90 Å². The van der Waals surface area contributed by atoms with Crippen molar-refractivity contribution in [3.05, 3.63) is 23.8 Å². The third-order valence-corrected chi connectivity index (χ3v) is 4.21. The first-order valence-electron chi connectivity index (χ1n) is 7.73. The fourth-order valence-electron chi connectivity index (χ4n) is 2.93. The number of benzene rings is 1. The molecule has 1 heterocycles. The van der Waals surface area contributed by atoms with Gasteiger partial charge in [-0.25, -0.2) is 0 Å². The lowest BCUT2D eigenvalue weighted by Gasteiger charge is -2.24. The molecule has 1 N–H and O–H groups in total. The molecule has 4 nitrogen and oxygen atoms in total. The zero-order chi connectivity index (χ0) is 15.2. The van der Waals surface area contributed by atoms with E-state index in [1.807, 2.05) is 18.2 Å². The average molecular weight is 287 g/mol. The number of anilines is 1. The van der Waals surface area contributed by atoms with Crippen molar-refractivity contribution in [1.29, 1.82) is 5.26 Å². The molecule has 0 amide bonds. The SMILES string of the molecule is COc1cccc(C#N)c1NC1CCCN(C(C)C)CC1. The summed E-state index contributed by atoms with van der Waals surface area (Å²) in [6.07, 6.45) is 3.42. The summed E-state index contributed by atoms with van der Waals surface area (Å²) in [5.41, 5.74) is 1.49. The molecule has 0 bridgehead atoms. The second-order valence-electron chi connectivity index (χ2n) is 5.90. The molecular formula is C17H25N3O. The largest absolute Gasteiger partial charge is 0.495 e. The van der Waals surface area contributed by atoms with Crippen molar-refractivity contribution in [3.8, 4) is 11.8 Å². The number of nitrogens with one attached hydrogen (secondary N) is 1. The van der Waals surface area contributed by atoms with Crippen molar-refractivity contribution >= 4 is 5.69 Å². The summed E-state index contributed by atoms with van der Waals surface area (Å²) in [5.74, 6) is 0.749.